The molecule has 0 bridgehead atoms. The van der Waals surface area contributed by atoms with Crippen LogP contribution in [0.1, 0.15) is 30.5 Å². The van der Waals surface area contributed by atoms with Crippen molar-refractivity contribution in [3.8, 4) is 0 Å². The van der Waals surface area contributed by atoms with E-state index in [0.29, 0.717) is 23.3 Å². The molecule has 0 N–H and O–H groups in total. The first-order valence-electron chi connectivity index (χ1n) is 7.73. The fourth-order valence-electron chi connectivity index (χ4n) is 2.86. The molecule has 0 aromatic heterocycles. The summed E-state index contributed by atoms with van der Waals surface area (Å²) in [6.45, 7) is 1.37. The first kappa shape index (κ1) is 17.2. The van der Waals surface area contributed by atoms with E-state index in [9.17, 15) is 25.0 Å². The quantitative estimate of drug-likeness (QED) is 0.617. The molecule has 1 atom stereocenters. The van der Waals surface area contributed by atoms with Crippen LogP contribution in [-0.2, 0) is 4.79 Å². The zero-order valence-corrected chi connectivity index (χ0v) is 13.7. The van der Waals surface area contributed by atoms with Crippen molar-refractivity contribution < 1.29 is 14.6 Å². The smallest absolute Gasteiger partial charge is 0.269 e. The Balaban J connectivity index is 1.93. The van der Waals surface area contributed by atoms with Gasteiger partial charge in [-0.3, -0.25) is 25.0 Å². The van der Waals surface area contributed by atoms with Gasteiger partial charge in [0.15, 0.2) is 0 Å². The number of carbonyl (C=O) groups is 1. The Bertz CT molecular complexity index is 923. The van der Waals surface area contributed by atoms with E-state index in [1.165, 1.54) is 36.2 Å². The standard InChI is InChI=1S/C17H14N4O5/c1-11(22)19-17(13-3-2-4-15(9-13)21(25)26)10-16(18-19)12-5-7-14(8-6-12)20(23)24/h2-9,17H,10H2,1H3. The van der Waals surface area contributed by atoms with Gasteiger partial charge < -0.3 is 0 Å². The summed E-state index contributed by atoms with van der Waals surface area (Å²) in [5.74, 6) is -0.293. The molecule has 1 amide bonds. The fourth-order valence-corrected chi connectivity index (χ4v) is 2.86. The highest BCUT2D eigenvalue weighted by molar-refractivity contribution is 6.03. The van der Waals surface area contributed by atoms with E-state index in [4.69, 9.17) is 0 Å². The van der Waals surface area contributed by atoms with E-state index in [1.807, 2.05) is 0 Å². The van der Waals surface area contributed by atoms with E-state index in [0.717, 1.165) is 0 Å². The summed E-state index contributed by atoms with van der Waals surface area (Å²) in [5, 5.41) is 27.4. The van der Waals surface area contributed by atoms with Crippen LogP contribution in [0.2, 0.25) is 0 Å². The lowest BCUT2D eigenvalue weighted by molar-refractivity contribution is -0.385. The third-order valence-electron chi connectivity index (χ3n) is 4.11. The number of nitrogens with zero attached hydrogens (tertiary/aromatic N) is 4. The highest BCUT2D eigenvalue weighted by Gasteiger charge is 2.32. The number of hydrazone groups is 1. The maximum atomic E-state index is 12.0. The van der Waals surface area contributed by atoms with Crippen LogP contribution < -0.4 is 0 Å². The molecule has 0 radical (unpaired) electrons. The van der Waals surface area contributed by atoms with Gasteiger partial charge in [-0.25, -0.2) is 5.01 Å². The molecule has 9 nitrogen and oxygen atoms in total. The molecule has 0 aliphatic carbocycles. The van der Waals surface area contributed by atoms with Crippen LogP contribution in [0.4, 0.5) is 11.4 Å². The summed E-state index contributed by atoms with van der Waals surface area (Å²) in [6, 6.07) is 11.5. The number of benzene rings is 2. The minimum atomic E-state index is -0.492. The van der Waals surface area contributed by atoms with Crippen molar-refractivity contribution >= 4 is 23.0 Å². The van der Waals surface area contributed by atoms with Crippen LogP contribution in [-0.4, -0.2) is 26.5 Å². The molecule has 0 saturated heterocycles. The molecule has 1 aliphatic heterocycles. The van der Waals surface area contributed by atoms with Gasteiger partial charge in [0.2, 0.25) is 5.91 Å². The molecular weight excluding hydrogens is 340 g/mol. The molecule has 2 aromatic carbocycles. The molecule has 9 heteroatoms. The van der Waals surface area contributed by atoms with E-state index in [-0.39, 0.29) is 17.3 Å². The molecule has 3 rings (SSSR count). The zero-order chi connectivity index (χ0) is 18.8. The van der Waals surface area contributed by atoms with Crippen molar-refractivity contribution in [2.45, 2.75) is 19.4 Å². The Hall–Kier alpha value is -3.62. The molecule has 0 saturated carbocycles. The second-order valence-corrected chi connectivity index (χ2v) is 5.79. The molecule has 2 aromatic rings. The average molecular weight is 354 g/mol. The summed E-state index contributed by atoms with van der Waals surface area (Å²) in [7, 11) is 0. The molecule has 0 spiro atoms. The topological polar surface area (TPSA) is 119 Å². The van der Waals surface area contributed by atoms with Crippen LogP contribution in [0.5, 0.6) is 0 Å². The summed E-state index contributed by atoms with van der Waals surface area (Å²) >= 11 is 0. The van der Waals surface area contributed by atoms with Gasteiger partial charge in [0, 0.05) is 37.6 Å². The Morgan fingerprint density at radius 1 is 1.08 bits per heavy atom. The van der Waals surface area contributed by atoms with Crippen LogP contribution in [0, 0.1) is 20.2 Å². The molecular formula is C17H14N4O5. The van der Waals surface area contributed by atoms with Gasteiger partial charge in [0.25, 0.3) is 11.4 Å². The minimum absolute atomic E-state index is 0.0361. The van der Waals surface area contributed by atoms with Crippen LogP contribution >= 0.6 is 0 Å². The zero-order valence-electron chi connectivity index (χ0n) is 13.7. The highest BCUT2D eigenvalue weighted by Crippen LogP contribution is 2.34. The summed E-state index contributed by atoms with van der Waals surface area (Å²) in [6.07, 6.45) is 0.360. The van der Waals surface area contributed by atoms with Crippen molar-refractivity contribution in [2.24, 2.45) is 5.10 Å². The first-order valence-corrected chi connectivity index (χ1v) is 7.73. The normalized spacial score (nSPS) is 16.3. The summed E-state index contributed by atoms with van der Waals surface area (Å²) in [5.41, 5.74) is 1.76. The third-order valence-corrected chi connectivity index (χ3v) is 4.11. The Kier molecular flexibility index (Phi) is 4.44. The van der Waals surface area contributed by atoms with Gasteiger partial charge in [-0.05, 0) is 23.3 Å². The number of hydrogen-bond donors (Lipinski definition) is 0. The van der Waals surface area contributed by atoms with Crippen LogP contribution in [0.25, 0.3) is 0 Å². The number of non-ortho nitro benzene ring substituents is 2. The van der Waals surface area contributed by atoms with Crippen LogP contribution in [0.15, 0.2) is 53.6 Å². The van der Waals surface area contributed by atoms with Gasteiger partial charge in [-0.15, -0.1) is 0 Å². The van der Waals surface area contributed by atoms with Gasteiger partial charge >= 0.3 is 0 Å². The second-order valence-electron chi connectivity index (χ2n) is 5.79. The SMILES string of the molecule is CC(=O)N1N=C(c2ccc([N+](=O)[O-])cc2)CC1c1cccc([N+](=O)[O-])c1. The lowest BCUT2D eigenvalue weighted by Crippen LogP contribution is -2.24. The number of carbonyl (C=O) groups excluding carboxylic acids is 1. The first-order chi connectivity index (χ1) is 12.4. The molecule has 26 heavy (non-hydrogen) atoms. The Labute approximate surface area is 147 Å². The molecule has 1 aliphatic rings. The van der Waals surface area contributed by atoms with E-state index < -0.39 is 15.9 Å². The second kappa shape index (κ2) is 6.71. The largest absolute Gasteiger partial charge is 0.273 e. The third kappa shape index (κ3) is 3.27. The summed E-state index contributed by atoms with van der Waals surface area (Å²) in [4.78, 5) is 32.7. The van der Waals surface area contributed by atoms with Crippen molar-refractivity contribution in [1.82, 2.24) is 5.01 Å². The van der Waals surface area contributed by atoms with Gasteiger partial charge in [-0.1, -0.05) is 12.1 Å². The molecule has 0 fully saturated rings. The van der Waals surface area contributed by atoms with Gasteiger partial charge in [0.05, 0.1) is 21.6 Å². The number of rotatable bonds is 4. The number of nitro benzene ring substituents is 2. The summed E-state index contributed by atoms with van der Waals surface area (Å²) < 4.78 is 0. The molecule has 132 valence electrons. The predicted molar refractivity (Wildman–Crippen MR) is 92.6 cm³/mol. The van der Waals surface area contributed by atoms with Crippen molar-refractivity contribution in [2.75, 3.05) is 0 Å². The lowest BCUT2D eigenvalue weighted by atomic mass is 9.98. The van der Waals surface area contributed by atoms with E-state index in [2.05, 4.69) is 5.10 Å². The monoisotopic (exact) mass is 354 g/mol. The number of nitro groups is 2. The molecule has 1 unspecified atom stereocenters. The van der Waals surface area contributed by atoms with Crippen LogP contribution in [0.3, 0.4) is 0 Å². The van der Waals surface area contributed by atoms with Gasteiger partial charge in [0.1, 0.15) is 0 Å². The fraction of sp³-hybridized carbons (Fsp3) is 0.176. The van der Waals surface area contributed by atoms with E-state index >= 15 is 0 Å². The number of hydrogen-bond acceptors (Lipinski definition) is 6. The van der Waals surface area contributed by atoms with Crippen molar-refractivity contribution in [3.63, 3.8) is 0 Å². The predicted octanol–water partition coefficient (Wildman–Crippen LogP) is 3.20. The lowest BCUT2D eigenvalue weighted by Gasteiger charge is -2.20. The van der Waals surface area contributed by atoms with Gasteiger partial charge in [-0.2, -0.15) is 5.10 Å². The van der Waals surface area contributed by atoms with Crippen molar-refractivity contribution in [3.05, 3.63) is 79.9 Å². The minimum Gasteiger partial charge on any atom is -0.273 e. The van der Waals surface area contributed by atoms with E-state index in [1.54, 1.807) is 24.3 Å². The Morgan fingerprint density at radius 3 is 2.31 bits per heavy atom. The highest BCUT2D eigenvalue weighted by atomic mass is 16.6. The Morgan fingerprint density at radius 2 is 1.73 bits per heavy atom. The maximum Gasteiger partial charge on any atom is 0.269 e. The van der Waals surface area contributed by atoms with Crippen molar-refractivity contribution in [1.29, 1.82) is 0 Å². The number of amides is 1. The average Bonchev–Trinajstić information content (AvgIpc) is 3.07. The maximum absolute atomic E-state index is 12.0. The molecule has 1 heterocycles.